The fraction of sp³-hybridized carbons (Fsp3) is 0.300. The molecular weight excluding hydrogens is 399 g/mol. The molecule has 0 amide bonds. The average Bonchev–Trinajstić information content (AvgIpc) is 2.76. The van der Waals surface area contributed by atoms with Gasteiger partial charge in [-0.15, -0.1) is 0 Å². The summed E-state index contributed by atoms with van der Waals surface area (Å²) in [6.45, 7) is 0. The van der Waals surface area contributed by atoms with Crippen LogP contribution in [-0.2, 0) is 13.6 Å². The van der Waals surface area contributed by atoms with Gasteiger partial charge in [-0.05, 0) is 35.4 Å². The number of benzene rings is 2. The molecule has 0 heterocycles. The molecule has 2 rings (SSSR count). The predicted molar refractivity (Wildman–Crippen MR) is 110 cm³/mol. The summed E-state index contributed by atoms with van der Waals surface area (Å²) < 4.78 is 48.7. The second-order valence-electron chi connectivity index (χ2n) is 5.61. The lowest BCUT2D eigenvalue weighted by Crippen LogP contribution is -1.99. The van der Waals surface area contributed by atoms with Gasteiger partial charge in [0.1, 0.15) is 0 Å². The van der Waals surface area contributed by atoms with Crippen LogP contribution in [0, 0.1) is 0 Å². The molecule has 2 aromatic carbocycles. The number of hydrogen-bond acceptors (Lipinski definition) is 8. The first-order valence-electron chi connectivity index (χ1n) is 8.50. The summed E-state index contributed by atoms with van der Waals surface area (Å²) in [4.78, 5) is 0. The Morgan fingerprint density at radius 2 is 1.17 bits per heavy atom. The Kier molecular flexibility index (Phi) is 7.96. The van der Waals surface area contributed by atoms with Crippen molar-refractivity contribution in [2.24, 2.45) is 0 Å². The largest absolute Gasteiger partial charge is 0.529 e. The van der Waals surface area contributed by atoms with E-state index in [0.717, 1.165) is 11.1 Å². The van der Waals surface area contributed by atoms with Gasteiger partial charge < -0.3 is 23.5 Å². The standard InChI is InChI=1S/C20H25O8P/c1-22-16-10-9-14(11-17(16)28-29(21,26-5)27-6)7-8-15-12-18(23-2)20(25-4)19(13-15)24-3/h7-13H,1-6H3/b8-7+. The number of phosphoric acid groups is 1. The lowest BCUT2D eigenvalue weighted by molar-refractivity contribution is 0.208. The van der Waals surface area contributed by atoms with Gasteiger partial charge >= 0.3 is 7.82 Å². The van der Waals surface area contributed by atoms with Crippen LogP contribution in [0.1, 0.15) is 11.1 Å². The van der Waals surface area contributed by atoms with Crippen molar-refractivity contribution in [1.82, 2.24) is 0 Å². The smallest absolute Gasteiger partial charge is 0.493 e. The molecule has 0 aliphatic carbocycles. The quantitative estimate of drug-likeness (QED) is 0.402. The van der Waals surface area contributed by atoms with Crippen LogP contribution < -0.4 is 23.5 Å². The summed E-state index contributed by atoms with van der Waals surface area (Å²) in [6, 6.07) is 8.83. The Morgan fingerprint density at radius 3 is 1.66 bits per heavy atom. The van der Waals surface area contributed by atoms with E-state index in [1.165, 1.54) is 21.3 Å². The maximum atomic E-state index is 12.3. The maximum Gasteiger partial charge on any atom is 0.529 e. The monoisotopic (exact) mass is 424 g/mol. The van der Waals surface area contributed by atoms with Crippen molar-refractivity contribution in [1.29, 1.82) is 0 Å². The highest BCUT2D eigenvalue weighted by molar-refractivity contribution is 7.48. The van der Waals surface area contributed by atoms with Crippen molar-refractivity contribution >= 4 is 20.0 Å². The molecule has 158 valence electrons. The summed E-state index contributed by atoms with van der Waals surface area (Å²) in [5.41, 5.74) is 1.60. The fourth-order valence-electron chi connectivity index (χ4n) is 2.53. The van der Waals surface area contributed by atoms with Gasteiger partial charge in [0.2, 0.25) is 5.75 Å². The van der Waals surface area contributed by atoms with Crippen molar-refractivity contribution in [3.63, 3.8) is 0 Å². The lowest BCUT2D eigenvalue weighted by atomic mass is 10.1. The van der Waals surface area contributed by atoms with Crippen LogP contribution in [0.15, 0.2) is 30.3 Å². The van der Waals surface area contributed by atoms with Crippen LogP contribution in [0.25, 0.3) is 12.2 Å². The topological polar surface area (TPSA) is 81.7 Å². The molecule has 0 saturated carbocycles. The summed E-state index contributed by atoms with van der Waals surface area (Å²) in [5.74, 6) is 2.23. The van der Waals surface area contributed by atoms with Crippen LogP contribution in [0.3, 0.4) is 0 Å². The molecule has 0 fully saturated rings. The Labute approximate surface area is 170 Å². The summed E-state index contributed by atoms with van der Waals surface area (Å²) in [7, 11) is 4.91. The van der Waals surface area contributed by atoms with Gasteiger partial charge in [-0.25, -0.2) is 4.57 Å². The van der Waals surface area contributed by atoms with E-state index in [-0.39, 0.29) is 5.75 Å². The van der Waals surface area contributed by atoms with Crippen LogP contribution in [0.4, 0.5) is 0 Å². The third kappa shape index (κ3) is 5.44. The number of methoxy groups -OCH3 is 4. The van der Waals surface area contributed by atoms with Gasteiger partial charge in [0.25, 0.3) is 0 Å². The normalized spacial score (nSPS) is 11.4. The minimum atomic E-state index is -3.72. The first-order valence-corrected chi connectivity index (χ1v) is 9.96. The Hall–Kier alpha value is -2.67. The highest BCUT2D eigenvalue weighted by Crippen LogP contribution is 2.50. The minimum absolute atomic E-state index is 0.228. The molecule has 0 spiro atoms. The van der Waals surface area contributed by atoms with E-state index in [1.807, 2.05) is 30.4 Å². The van der Waals surface area contributed by atoms with E-state index in [4.69, 9.17) is 32.5 Å². The molecule has 0 bridgehead atoms. The third-order valence-electron chi connectivity index (χ3n) is 4.00. The fourth-order valence-corrected chi connectivity index (χ4v) is 3.21. The van der Waals surface area contributed by atoms with Crippen molar-refractivity contribution in [2.75, 3.05) is 42.7 Å². The number of hydrogen-bond donors (Lipinski definition) is 0. The molecule has 8 nitrogen and oxygen atoms in total. The molecule has 0 saturated heterocycles. The summed E-state index contributed by atoms with van der Waals surface area (Å²) >= 11 is 0. The number of rotatable bonds is 10. The Balaban J connectivity index is 2.38. The molecule has 2 aromatic rings. The van der Waals surface area contributed by atoms with Gasteiger partial charge in [0, 0.05) is 14.2 Å². The second-order valence-corrected chi connectivity index (χ2v) is 7.41. The summed E-state index contributed by atoms with van der Waals surface area (Å²) in [5, 5.41) is 0. The van der Waals surface area contributed by atoms with Crippen LogP contribution in [0.2, 0.25) is 0 Å². The molecule has 29 heavy (non-hydrogen) atoms. The molecule has 0 unspecified atom stereocenters. The van der Waals surface area contributed by atoms with Gasteiger partial charge in [0.15, 0.2) is 23.0 Å². The Bertz CT molecular complexity index is 876. The third-order valence-corrected chi connectivity index (χ3v) is 5.32. The van der Waals surface area contributed by atoms with Gasteiger partial charge in [-0.2, -0.15) is 0 Å². The number of ether oxygens (including phenoxy) is 4. The minimum Gasteiger partial charge on any atom is -0.493 e. The summed E-state index contributed by atoms with van der Waals surface area (Å²) in [6.07, 6.45) is 3.71. The lowest BCUT2D eigenvalue weighted by Gasteiger charge is -2.16. The second kappa shape index (κ2) is 10.2. The molecular formula is C20H25O8P. The van der Waals surface area contributed by atoms with Crippen LogP contribution in [0.5, 0.6) is 28.7 Å². The van der Waals surface area contributed by atoms with Gasteiger partial charge in [-0.1, -0.05) is 18.2 Å². The molecule has 0 aliphatic rings. The molecule has 0 atom stereocenters. The SMILES string of the molecule is COc1ccc(/C=C/c2cc(OC)c(OC)c(OC)c2)cc1OP(=O)(OC)OC. The first kappa shape index (κ1) is 22.6. The van der Waals surface area contributed by atoms with E-state index in [1.54, 1.807) is 33.5 Å². The molecule has 0 radical (unpaired) electrons. The van der Waals surface area contributed by atoms with Crippen LogP contribution >= 0.6 is 7.82 Å². The predicted octanol–water partition coefficient (Wildman–Crippen LogP) is 4.67. The van der Waals surface area contributed by atoms with E-state index in [0.29, 0.717) is 23.0 Å². The molecule has 0 aromatic heterocycles. The van der Waals surface area contributed by atoms with Gasteiger partial charge in [0.05, 0.1) is 28.4 Å². The Morgan fingerprint density at radius 1 is 0.655 bits per heavy atom. The van der Waals surface area contributed by atoms with Crippen LogP contribution in [-0.4, -0.2) is 42.7 Å². The highest BCUT2D eigenvalue weighted by Gasteiger charge is 2.26. The number of phosphoric ester groups is 1. The average molecular weight is 424 g/mol. The zero-order valence-corrected chi connectivity index (χ0v) is 18.1. The molecule has 0 N–H and O–H groups in total. The van der Waals surface area contributed by atoms with E-state index >= 15 is 0 Å². The van der Waals surface area contributed by atoms with Crippen molar-refractivity contribution in [3.05, 3.63) is 41.5 Å². The van der Waals surface area contributed by atoms with E-state index in [2.05, 4.69) is 0 Å². The zero-order chi connectivity index (χ0) is 21.4. The highest BCUT2D eigenvalue weighted by atomic mass is 31.2. The van der Waals surface area contributed by atoms with Crippen molar-refractivity contribution in [3.8, 4) is 28.7 Å². The van der Waals surface area contributed by atoms with E-state index in [9.17, 15) is 4.57 Å². The van der Waals surface area contributed by atoms with Crippen molar-refractivity contribution in [2.45, 2.75) is 0 Å². The molecule has 9 heteroatoms. The first-order chi connectivity index (χ1) is 13.9. The maximum absolute atomic E-state index is 12.3. The van der Waals surface area contributed by atoms with Crippen molar-refractivity contribution < 1.29 is 37.1 Å². The van der Waals surface area contributed by atoms with E-state index < -0.39 is 7.82 Å². The van der Waals surface area contributed by atoms with Gasteiger partial charge in [-0.3, -0.25) is 9.05 Å². The molecule has 0 aliphatic heterocycles. The zero-order valence-electron chi connectivity index (χ0n) is 17.3.